The van der Waals surface area contributed by atoms with Gasteiger partial charge in [0.15, 0.2) is 0 Å². The van der Waals surface area contributed by atoms with Gasteiger partial charge in [0.25, 0.3) is 0 Å². The Kier molecular flexibility index (Phi) is 4.44. The van der Waals surface area contributed by atoms with Gasteiger partial charge >= 0.3 is 7.60 Å². The molecule has 0 bridgehead atoms. The number of aliphatic hydroxyl groups is 4. The Labute approximate surface area is 91.3 Å². The molecule has 0 aliphatic carbocycles. The molecule has 5 atom stereocenters. The van der Waals surface area contributed by atoms with Crippen molar-refractivity contribution in [2.45, 2.75) is 30.5 Å². The molecule has 0 unspecified atom stereocenters. The van der Waals surface area contributed by atoms with Crippen LogP contribution in [0.15, 0.2) is 0 Å². The Bertz CT molecular complexity index is 276. The lowest BCUT2D eigenvalue weighted by molar-refractivity contribution is -0.223. The van der Waals surface area contributed by atoms with Crippen LogP contribution < -0.4 is 0 Å². The van der Waals surface area contributed by atoms with Gasteiger partial charge in [-0.05, 0) is 0 Å². The highest BCUT2D eigenvalue weighted by atomic mass is 31.2. The van der Waals surface area contributed by atoms with E-state index in [2.05, 4.69) is 0 Å². The fourth-order valence-corrected chi connectivity index (χ4v) is 2.33. The minimum atomic E-state index is -4.41. The number of rotatable bonds is 3. The zero-order valence-electron chi connectivity index (χ0n) is 8.25. The largest absolute Gasteiger partial charge is 0.394 e. The van der Waals surface area contributed by atoms with Crippen molar-refractivity contribution in [3.8, 4) is 0 Å². The van der Waals surface area contributed by atoms with Gasteiger partial charge in [0, 0.05) is 0 Å². The molecule has 1 aliphatic rings. The summed E-state index contributed by atoms with van der Waals surface area (Å²) in [5, 5.41) is 36.9. The van der Waals surface area contributed by atoms with Crippen LogP contribution in [0.3, 0.4) is 0 Å². The van der Waals surface area contributed by atoms with Gasteiger partial charge in [0.05, 0.1) is 18.9 Å². The van der Waals surface area contributed by atoms with E-state index in [1.165, 1.54) is 0 Å². The van der Waals surface area contributed by atoms with Gasteiger partial charge in [0.2, 0.25) is 0 Å². The maximum absolute atomic E-state index is 10.7. The lowest BCUT2D eigenvalue weighted by Crippen LogP contribution is -2.59. The van der Waals surface area contributed by atoms with E-state index in [-0.39, 0.29) is 0 Å². The van der Waals surface area contributed by atoms with Gasteiger partial charge in [-0.15, -0.1) is 0 Å². The predicted octanol–water partition coefficient (Wildman–Crippen LogP) is -2.99. The molecule has 1 heterocycles. The monoisotopic (exact) mass is 258 g/mol. The van der Waals surface area contributed by atoms with E-state index in [0.717, 1.165) is 0 Å². The number of hydrogen-bond donors (Lipinski definition) is 6. The van der Waals surface area contributed by atoms with E-state index >= 15 is 0 Å². The van der Waals surface area contributed by atoms with Crippen molar-refractivity contribution in [1.29, 1.82) is 0 Å². The molecule has 0 aromatic carbocycles. The Morgan fingerprint density at radius 2 is 1.50 bits per heavy atom. The number of ether oxygens (including phenoxy) is 1. The standard InChI is InChI=1S/C7H15O8P/c8-1-3-5(9)7(11)6(10)4(15-3)2-16(12,13)14/h3-11H,1-2H2,(H2,12,13,14)/t3-,4-,5-,6+,7+/m1/s1. The fourth-order valence-electron chi connectivity index (χ4n) is 1.56. The second kappa shape index (κ2) is 5.07. The Morgan fingerprint density at radius 3 is 1.94 bits per heavy atom. The van der Waals surface area contributed by atoms with Crippen molar-refractivity contribution in [2.24, 2.45) is 0 Å². The highest BCUT2D eigenvalue weighted by molar-refractivity contribution is 7.51. The van der Waals surface area contributed by atoms with Gasteiger partial charge < -0.3 is 34.9 Å². The molecule has 0 aromatic rings. The average Bonchev–Trinajstić information content (AvgIpc) is 2.17. The van der Waals surface area contributed by atoms with Gasteiger partial charge in [-0.3, -0.25) is 4.57 Å². The highest BCUT2D eigenvalue weighted by Crippen LogP contribution is 2.38. The third-order valence-electron chi connectivity index (χ3n) is 2.41. The second-order valence-corrected chi connectivity index (χ2v) is 5.41. The first-order valence-corrected chi connectivity index (χ1v) is 6.41. The SMILES string of the molecule is O=P(O)(O)C[C@H]1O[C@H](CO)[C@@H](O)[C@H](O)[C@H]1O. The third kappa shape index (κ3) is 3.22. The Hall–Kier alpha value is -0.0500. The molecule has 1 saturated heterocycles. The minimum Gasteiger partial charge on any atom is -0.394 e. The zero-order valence-corrected chi connectivity index (χ0v) is 9.14. The van der Waals surface area contributed by atoms with Crippen LogP contribution >= 0.6 is 7.60 Å². The molecule has 8 nitrogen and oxygen atoms in total. The van der Waals surface area contributed by atoms with Crippen molar-refractivity contribution in [3.63, 3.8) is 0 Å². The summed E-state index contributed by atoms with van der Waals surface area (Å²) in [4.78, 5) is 17.4. The van der Waals surface area contributed by atoms with Crippen LogP contribution in [-0.2, 0) is 9.30 Å². The van der Waals surface area contributed by atoms with E-state index in [4.69, 9.17) is 19.6 Å². The molecule has 1 rings (SSSR count). The zero-order chi connectivity index (χ0) is 12.5. The topological polar surface area (TPSA) is 148 Å². The molecule has 0 amide bonds. The summed E-state index contributed by atoms with van der Waals surface area (Å²) < 4.78 is 15.6. The fraction of sp³-hybridized carbons (Fsp3) is 1.00. The first-order chi connectivity index (χ1) is 7.26. The smallest absolute Gasteiger partial charge is 0.328 e. The molecular formula is C7H15O8P. The molecule has 9 heteroatoms. The average molecular weight is 258 g/mol. The van der Waals surface area contributed by atoms with Gasteiger partial charge in [-0.25, -0.2) is 0 Å². The molecule has 16 heavy (non-hydrogen) atoms. The summed E-state index contributed by atoms with van der Waals surface area (Å²) in [5.74, 6) is 0. The van der Waals surface area contributed by atoms with E-state index in [1.807, 2.05) is 0 Å². The van der Waals surface area contributed by atoms with E-state index in [0.29, 0.717) is 0 Å². The quantitative estimate of drug-likeness (QED) is 0.293. The lowest BCUT2D eigenvalue weighted by Gasteiger charge is -2.40. The van der Waals surface area contributed by atoms with Crippen LogP contribution in [0.2, 0.25) is 0 Å². The molecule has 0 spiro atoms. The van der Waals surface area contributed by atoms with Crippen molar-refractivity contribution in [2.75, 3.05) is 12.8 Å². The maximum atomic E-state index is 10.7. The first kappa shape index (κ1) is 14.0. The normalized spacial score (nSPS) is 41.0. The molecule has 0 saturated carbocycles. The van der Waals surface area contributed by atoms with Crippen molar-refractivity contribution < 1.29 is 39.5 Å². The van der Waals surface area contributed by atoms with Crippen molar-refractivity contribution >= 4 is 7.60 Å². The van der Waals surface area contributed by atoms with Gasteiger partial charge in [-0.1, -0.05) is 0 Å². The summed E-state index contributed by atoms with van der Waals surface area (Å²) in [6, 6.07) is 0. The Balaban J connectivity index is 2.75. The third-order valence-corrected chi connectivity index (χ3v) is 3.24. The van der Waals surface area contributed by atoms with Crippen LogP contribution in [0.5, 0.6) is 0 Å². The molecule has 0 radical (unpaired) electrons. The van der Waals surface area contributed by atoms with Gasteiger partial charge in [0.1, 0.15) is 24.4 Å². The lowest BCUT2D eigenvalue weighted by atomic mass is 9.96. The summed E-state index contributed by atoms with van der Waals surface area (Å²) in [7, 11) is -4.41. The van der Waals surface area contributed by atoms with Crippen LogP contribution in [-0.4, -0.2) is 73.5 Å². The Morgan fingerprint density at radius 1 is 1.00 bits per heavy atom. The minimum absolute atomic E-state index is 0.622. The maximum Gasteiger partial charge on any atom is 0.328 e. The van der Waals surface area contributed by atoms with Crippen LogP contribution in [0.4, 0.5) is 0 Å². The second-order valence-electron chi connectivity index (χ2n) is 3.71. The van der Waals surface area contributed by atoms with E-state index in [1.54, 1.807) is 0 Å². The first-order valence-electron chi connectivity index (χ1n) is 4.61. The molecule has 0 aromatic heterocycles. The molecular weight excluding hydrogens is 243 g/mol. The predicted molar refractivity (Wildman–Crippen MR) is 50.7 cm³/mol. The van der Waals surface area contributed by atoms with E-state index in [9.17, 15) is 19.9 Å². The van der Waals surface area contributed by atoms with Gasteiger partial charge in [-0.2, -0.15) is 0 Å². The molecule has 96 valence electrons. The molecule has 6 N–H and O–H groups in total. The summed E-state index contributed by atoms with van der Waals surface area (Å²) in [6.07, 6.45) is -7.98. The summed E-state index contributed by atoms with van der Waals surface area (Å²) >= 11 is 0. The van der Waals surface area contributed by atoms with Crippen molar-refractivity contribution in [1.82, 2.24) is 0 Å². The highest BCUT2D eigenvalue weighted by Gasteiger charge is 2.45. The number of hydrogen-bond acceptors (Lipinski definition) is 6. The number of aliphatic hydroxyl groups excluding tert-OH is 4. The van der Waals surface area contributed by atoms with Crippen LogP contribution in [0.25, 0.3) is 0 Å². The van der Waals surface area contributed by atoms with E-state index < -0.39 is 50.9 Å². The van der Waals surface area contributed by atoms with Crippen LogP contribution in [0.1, 0.15) is 0 Å². The molecule has 1 aliphatic heterocycles. The summed E-state index contributed by atoms with van der Waals surface area (Å²) in [6.45, 7) is -0.622. The molecule has 1 fully saturated rings. The van der Waals surface area contributed by atoms with Crippen LogP contribution in [0, 0.1) is 0 Å². The summed E-state index contributed by atoms with van der Waals surface area (Å²) in [5.41, 5.74) is 0. The van der Waals surface area contributed by atoms with Crippen molar-refractivity contribution in [3.05, 3.63) is 0 Å².